The van der Waals surface area contributed by atoms with Gasteiger partial charge in [-0.25, -0.2) is 0 Å². The maximum atomic E-state index is 11.8. The fourth-order valence-electron chi connectivity index (χ4n) is 1.66. The molecular weight excluding hydrogens is 246 g/mol. The van der Waals surface area contributed by atoms with Gasteiger partial charge in [0, 0.05) is 26.8 Å². The summed E-state index contributed by atoms with van der Waals surface area (Å²) in [7, 11) is 5.64. The first kappa shape index (κ1) is 12.6. The van der Waals surface area contributed by atoms with Crippen LogP contribution in [-0.2, 0) is 4.79 Å². The number of nitrogens with one attached hydrogen (secondary N) is 1. The summed E-state index contributed by atoms with van der Waals surface area (Å²) in [5.41, 5.74) is 2.60. The third kappa shape index (κ3) is 2.36. The van der Waals surface area contributed by atoms with E-state index >= 15 is 0 Å². The first-order valence-electron chi connectivity index (χ1n) is 5.57. The second-order valence-corrected chi connectivity index (χ2v) is 4.72. The molecule has 0 aromatic heterocycles. The molecule has 1 amide bonds. The Kier molecular flexibility index (Phi) is 3.34. The van der Waals surface area contributed by atoms with E-state index in [2.05, 4.69) is 5.32 Å². The Morgan fingerprint density at radius 1 is 1.28 bits per heavy atom. The van der Waals surface area contributed by atoms with Gasteiger partial charge in [-0.05, 0) is 36.0 Å². The van der Waals surface area contributed by atoms with Gasteiger partial charge in [0.15, 0.2) is 5.11 Å². The fraction of sp³-hybridized carbons (Fsp3) is 0.231. The van der Waals surface area contributed by atoms with Gasteiger partial charge in [-0.15, -0.1) is 0 Å². The predicted molar refractivity (Wildman–Crippen MR) is 77.2 cm³/mol. The molecule has 0 radical (unpaired) electrons. The van der Waals surface area contributed by atoms with Crippen LogP contribution >= 0.6 is 12.2 Å². The van der Waals surface area contributed by atoms with E-state index in [4.69, 9.17) is 12.2 Å². The molecule has 1 fully saturated rings. The van der Waals surface area contributed by atoms with Crippen molar-refractivity contribution in [1.29, 1.82) is 0 Å². The van der Waals surface area contributed by atoms with Gasteiger partial charge >= 0.3 is 0 Å². The summed E-state index contributed by atoms with van der Waals surface area (Å²) in [5, 5.41) is 3.34. The molecule has 1 aromatic carbocycles. The number of likely N-dealkylation sites (N-methyl/N-ethyl adjacent to an activating group) is 1. The van der Waals surface area contributed by atoms with Crippen LogP contribution in [0.1, 0.15) is 5.56 Å². The van der Waals surface area contributed by atoms with E-state index in [1.165, 1.54) is 4.90 Å². The summed E-state index contributed by atoms with van der Waals surface area (Å²) in [5.74, 6) is -0.100. The highest BCUT2D eigenvalue weighted by atomic mass is 32.1. The Labute approximate surface area is 112 Å². The molecular formula is C13H15N3OS. The zero-order valence-electron chi connectivity index (χ0n) is 10.6. The van der Waals surface area contributed by atoms with Gasteiger partial charge < -0.3 is 10.2 Å². The van der Waals surface area contributed by atoms with Gasteiger partial charge in [0.05, 0.1) is 0 Å². The lowest BCUT2D eigenvalue weighted by atomic mass is 10.1. The van der Waals surface area contributed by atoms with Crippen molar-refractivity contribution in [3.8, 4) is 0 Å². The van der Waals surface area contributed by atoms with Gasteiger partial charge in [0.25, 0.3) is 5.91 Å². The molecule has 0 spiro atoms. The minimum Gasteiger partial charge on any atom is -0.378 e. The lowest BCUT2D eigenvalue weighted by Crippen LogP contribution is -2.25. The first-order valence-corrected chi connectivity index (χ1v) is 5.98. The Morgan fingerprint density at radius 3 is 2.33 bits per heavy atom. The molecule has 1 aromatic rings. The van der Waals surface area contributed by atoms with E-state index in [-0.39, 0.29) is 5.91 Å². The number of nitrogens with zero attached hydrogens (tertiary/aromatic N) is 2. The van der Waals surface area contributed by atoms with E-state index in [1.807, 2.05) is 43.3 Å². The highest BCUT2D eigenvalue weighted by Crippen LogP contribution is 2.16. The highest BCUT2D eigenvalue weighted by Gasteiger charge is 2.26. The normalized spacial score (nSPS) is 17.3. The van der Waals surface area contributed by atoms with Crippen molar-refractivity contribution in [3.05, 3.63) is 35.5 Å². The summed E-state index contributed by atoms with van der Waals surface area (Å²) in [6, 6.07) is 7.96. The van der Waals surface area contributed by atoms with Crippen molar-refractivity contribution < 1.29 is 4.79 Å². The van der Waals surface area contributed by atoms with E-state index in [0.717, 1.165) is 11.3 Å². The van der Waals surface area contributed by atoms with Crippen molar-refractivity contribution in [3.63, 3.8) is 0 Å². The van der Waals surface area contributed by atoms with Crippen LogP contribution in [0.25, 0.3) is 6.08 Å². The molecule has 0 unspecified atom stereocenters. The third-order valence-electron chi connectivity index (χ3n) is 2.80. The van der Waals surface area contributed by atoms with Crippen LogP contribution < -0.4 is 10.2 Å². The van der Waals surface area contributed by atoms with Crippen molar-refractivity contribution in [2.75, 3.05) is 26.0 Å². The van der Waals surface area contributed by atoms with Crippen molar-refractivity contribution in [2.24, 2.45) is 0 Å². The summed E-state index contributed by atoms with van der Waals surface area (Å²) < 4.78 is 0. The number of thiocarbonyl (C=S) groups is 1. The number of benzene rings is 1. The molecule has 1 heterocycles. The average molecular weight is 261 g/mol. The Morgan fingerprint density at radius 2 is 1.89 bits per heavy atom. The zero-order valence-corrected chi connectivity index (χ0v) is 11.4. The Balaban J connectivity index is 2.24. The SMILES string of the molecule is CN1C(=O)/C(=C\c2ccc(N(C)C)cc2)NC1=S. The van der Waals surface area contributed by atoms with Gasteiger partial charge in [0.2, 0.25) is 0 Å². The zero-order chi connectivity index (χ0) is 13.3. The number of carbonyl (C=O) groups excluding carboxylic acids is 1. The molecule has 0 saturated carbocycles. The predicted octanol–water partition coefficient (Wildman–Crippen LogP) is 1.44. The van der Waals surface area contributed by atoms with Crippen LogP contribution in [0.5, 0.6) is 0 Å². The highest BCUT2D eigenvalue weighted by molar-refractivity contribution is 7.80. The maximum absolute atomic E-state index is 11.8. The van der Waals surface area contributed by atoms with Crippen molar-refractivity contribution in [2.45, 2.75) is 0 Å². The lowest BCUT2D eigenvalue weighted by Gasteiger charge is -2.11. The van der Waals surface area contributed by atoms with Crippen LogP contribution in [0.3, 0.4) is 0 Å². The second kappa shape index (κ2) is 4.78. The number of rotatable bonds is 2. The van der Waals surface area contributed by atoms with Crippen LogP contribution in [0.2, 0.25) is 0 Å². The number of anilines is 1. The fourth-order valence-corrected chi connectivity index (χ4v) is 1.85. The number of hydrogen-bond acceptors (Lipinski definition) is 3. The summed E-state index contributed by atoms with van der Waals surface area (Å²) >= 11 is 5.01. The van der Waals surface area contributed by atoms with Gasteiger partial charge in [-0.3, -0.25) is 9.69 Å². The molecule has 18 heavy (non-hydrogen) atoms. The first-order chi connectivity index (χ1) is 8.49. The molecule has 1 aliphatic heterocycles. The number of carbonyl (C=O) groups is 1. The van der Waals surface area contributed by atoms with E-state index in [1.54, 1.807) is 13.1 Å². The summed E-state index contributed by atoms with van der Waals surface area (Å²) in [6.07, 6.45) is 1.80. The van der Waals surface area contributed by atoms with E-state index in [9.17, 15) is 4.79 Å². The molecule has 1 N–H and O–H groups in total. The summed E-state index contributed by atoms with van der Waals surface area (Å²) in [6.45, 7) is 0. The molecule has 1 aliphatic rings. The van der Waals surface area contributed by atoms with Crippen molar-refractivity contribution in [1.82, 2.24) is 10.2 Å². The molecule has 0 aliphatic carbocycles. The van der Waals surface area contributed by atoms with Crippen molar-refractivity contribution >= 4 is 35.0 Å². The van der Waals surface area contributed by atoms with E-state index in [0.29, 0.717) is 10.8 Å². The van der Waals surface area contributed by atoms with Crippen LogP contribution in [0.4, 0.5) is 5.69 Å². The number of hydrogen-bond donors (Lipinski definition) is 1. The maximum Gasteiger partial charge on any atom is 0.276 e. The quantitative estimate of drug-likeness (QED) is 0.645. The van der Waals surface area contributed by atoms with Crippen LogP contribution in [0.15, 0.2) is 30.0 Å². The molecule has 2 rings (SSSR count). The van der Waals surface area contributed by atoms with Gasteiger partial charge in [-0.2, -0.15) is 0 Å². The van der Waals surface area contributed by atoms with E-state index < -0.39 is 0 Å². The molecule has 4 nitrogen and oxygen atoms in total. The van der Waals surface area contributed by atoms with Gasteiger partial charge in [-0.1, -0.05) is 12.1 Å². The molecule has 0 bridgehead atoms. The lowest BCUT2D eigenvalue weighted by molar-refractivity contribution is -0.121. The molecule has 5 heteroatoms. The van der Waals surface area contributed by atoms with Gasteiger partial charge in [0.1, 0.15) is 5.70 Å². The second-order valence-electron chi connectivity index (χ2n) is 4.34. The molecule has 1 saturated heterocycles. The molecule has 94 valence electrons. The summed E-state index contributed by atoms with van der Waals surface area (Å²) in [4.78, 5) is 15.2. The Hall–Kier alpha value is -1.88. The number of amides is 1. The largest absolute Gasteiger partial charge is 0.378 e. The van der Waals surface area contributed by atoms with Crippen LogP contribution in [-0.4, -0.2) is 37.1 Å². The minimum atomic E-state index is -0.100. The standard InChI is InChI=1S/C13H15N3OS/c1-15(2)10-6-4-9(5-7-10)8-11-12(17)16(3)13(18)14-11/h4-8H,1-3H3,(H,14,18)/b11-8+. The Bertz CT molecular complexity index is 520. The molecule has 0 atom stereocenters. The average Bonchev–Trinajstić information content (AvgIpc) is 2.58. The monoisotopic (exact) mass is 261 g/mol. The van der Waals surface area contributed by atoms with Crippen LogP contribution in [0, 0.1) is 0 Å². The third-order valence-corrected chi connectivity index (χ3v) is 3.18. The smallest absolute Gasteiger partial charge is 0.276 e. The minimum absolute atomic E-state index is 0.100. The topological polar surface area (TPSA) is 35.6 Å².